The van der Waals surface area contributed by atoms with Crippen LogP contribution in [0, 0.1) is 0 Å². The van der Waals surface area contributed by atoms with Crippen molar-refractivity contribution in [3.8, 4) is 5.75 Å². The van der Waals surface area contributed by atoms with Crippen molar-refractivity contribution in [2.75, 3.05) is 6.54 Å². The van der Waals surface area contributed by atoms with Crippen LogP contribution in [0.1, 0.15) is 24.8 Å². The van der Waals surface area contributed by atoms with Crippen molar-refractivity contribution in [1.29, 1.82) is 0 Å². The number of benzene rings is 2. The Kier molecular flexibility index (Phi) is 5.37. The van der Waals surface area contributed by atoms with Gasteiger partial charge >= 0.3 is 0 Å². The predicted octanol–water partition coefficient (Wildman–Crippen LogP) is 6.10. The highest BCUT2D eigenvalue weighted by atomic mass is 32.1. The van der Waals surface area contributed by atoms with Gasteiger partial charge in [-0.15, -0.1) is 17.9 Å². The summed E-state index contributed by atoms with van der Waals surface area (Å²) < 4.78 is 6.20. The molecule has 2 nitrogen and oxygen atoms in total. The van der Waals surface area contributed by atoms with Gasteiger partial charge in [0, 0.05) is 10.3 Å². The van der Waals surface area contributed by atoms with Gasteiger partial charge in [-0.25, -0.2) is 0 Å². The minimum Gasteiger partial charge on any atom is -0.677 e. The third-order valence-corrected chi connectivity index (χ3v) is 4.25. The molecule has 0 unspecified atom stereocenters. The minimum atomic E-state index is -0.0293. The Morgan fingerprint density at radius 1 is 1.00 bits per heavy atom. The lowest BCUT2D eigenvalue weighted by molar-refractivity contribution is 0.207. The van der Waals surface area contributed by atoms with E-state index in [0.717, 1.165) is 11.1 Å². The van der Waals surface area contributed by atoms with E-state index in [1.807, 2.05) is 30.3 Å². The molecule has 1 aromatic heterocycles. The first kappa shape index (κ1) is 15.5. The van der Waals surface area contributed by atoms with Crippen LogP contribution >= 0.6 is 11.3 Å². The van der Waals surface area contributed by atoms with Gasteiger partial charge in [-0.05, 0) is 29.3 Å². The molecule has 110 valence electrons. The third kappa shape index (κ3) is 3.43. The van der Waals surface area contributed by atoms with E-state index < -0.39 is 0 Å². The summed E-state index contributed by atoms with van der Waals surface area (Å²) in [7, 11) is 0. The number of hydrogen-bond acceptors (Lipinski definition) is 2. The molecule has 0 radical (unpaired) electrons. The summed E-state index contributed by atoms with van der Waals surface area (Å²) in [6, 6.07) is 18.5. The van der Waals surface area contributed by atoms with E-state index in [-0.39, 0.29) is 13.5 Å². The van der Waals surface area contributed by atoms with Gasteiger partial charge < -0.3 is 10.5 Å². The fraction of sp³-hybridized carbons (Fsp3) is 0.222. The van der Waals surface area contributed by atoms with Gasteiger partial charge in [0.25, 0.3) is 0 Å². The second-order valence-electron chi connectivity index (χ2n) is 4.64. The summed E-state index contributed by atoms with van der Waals surface area (Å²) in [6.45, 7) is 0.368. The van der Waals surface area contributed by atoms with Crippen LogP contribution in [0.15, 0.2) is 60.0 Å². The van der Waals surface area contributed by atoms with Gasteiger partial charge in [0.1, 0.15) is 11.9 Å². The zero-order valence-electron chi connectivity index (χ0n) is 11.1. The molecule has 0 aliphatic rings. The number of thiophene rings is 1. The first-order valence-corrected chi connectivity index (χ1v) is 7.59. The molecule has 0 bridgehead atoms. The van der Waals surface area contributed by atoms with Gasteiger partial charge in [-0.3, -0.25) is 0 Å². The second-order valence-corrected chi connectivity index (χ2v) is 5.62. The molecular weight excluding hydrogens is 278 g/mol. The van der Waals surface area contributed by atoms with Crippen LogP contribution in [-0.2, 0) is 0 Å². The SMILES string of the molecule is C.[NH-]CC[C@H](Oc1cccc2ccccc12)c1cccs1. The largest absolute Gasteiger partial charge is 0.677 e. The first-order valence-electron chi connectivity index (χ1n) is 6.71. The zero-order chi connectivity index (χ0) is 13.8. The zero-order valence-corrected chi connectivity index (χ0v) is 11.9. The van der Waals surface area contributed by atoms with Crippen LogP contribution in [0.25, 0.3) is 16.5 Å². The molecule has 0 saturated heterocycles. The molecule has 0 amide bonds. The predicted molar refractivity (Wildman–Crippen MR) is 92.2 cm³/mol. The fourth-order valence-corrected chi connectivity index (χ4v) is 3.11. The Labute approximate surface area is 130 Å². The van der Waals surface area contributed by atoms with Gasteiger partial charge in [0.15, 0.2) is 0 Å². The Balaban J connectivity index is 0.00000161. The first-order chi connectivity index (χ1) is 9.88. The summed E-state index contributed by atoms with van der Waals surface area (Å²) in [6.07, 6.45) is 0.683. The molecule has 3 heteroatoms. The van der Waals surface area contributed by atoms with E-state index in [9.17, 15) is 0 Å². The minimum absolute atomic E-state index is 0. The highest BCUT2D eigenvalue weighted by molar-refractivity contribution is 7.10. The number of nitrogens with one attached hydrogen (secondary N) is 1. The molecule has 0 spiro atoms. The van der Waals surface area contributed by atoms with E-state index >= 15 is 0 Å². The van der Waals surface area contributed by atoms with Crippen molar-refractivity contribution >= 4 is 22.1 Å². The molecule has 1 N–H and O–H groups in total. The maximum Gasteiger partial charge on any atom is 0.131 e. The lowest BCUT2D eigenvalue weighted by Crippen LogP contribution is -2.07. The van der Waals surface area contributed by atoms with Crippen molar-refractivity contribution in [2.24, 2.45) is 0 Å². The van der Waals surface area contributed by atoms with E-state index in [2.05, 4.69) is 29.6 Å². The molecular formula is C18H20NOS-. The lowest BCUT2D eigenvalue weighted by atomic mass is 10.1. The molecule has 3 aromatic rings. The van der Waals surface area contributed by atoms with Crippen molar-refractivity contribution in [2.45, 2.75) is 20.0 Å². The Hall–Kier alpha value is -1.84. The van der Waals surface area contributed by atoms with E-state index in [1.165, 1.54) is 10.3 Å². The topological polar surface area (TPSA) is 33.0 Å². The summed E-state index contributed by atoms with van der Waals surface area (Å²) in [5.74, 6) is 0.898. The van der Waals surface area contributed by atoms with Gasteiger partial charge in [-0.2, -0.15) is 0 Å². The molecule has 0 aliphatic carbocycles. The second kappa shape index (κ2) is 7.25. The smallest absolute Gasteiger partial charge is 0.131 e. The van der Waals surface area contributed by atoms with Crippen LogP contribution in [0.2, 0.25) is 0 Å². The van der Waals surface area contributed by atoms with Crippen LogP contribution in [-0.4, -0.2) is 6.54 Å². The Morgan fingerprint density at radius 3 is 2.57 bits per heavy atom. The standard InChI is InChI=1S/C17H16NOS.CH4/c18-11-10-16(17-9-4-12-20-17)19-15-8-3-6-13-5-1-2-7-14(13)15;/h1-9,12,16,18H,10-11H2;1H4/q-1;/t16-;/m0./s1. The van der Waals surface area contributed by atoms with Crippen molar-refractivity contribution in [1.82, 2.24) is 0 Å². The normalized spacial score (nSPS) is 11.9. The number of hydrogen-bond donors (Lipinski definition) is 0. The van der Waals surface area contributed by atoms with Crippen LogP contribution in [0.4, 0.5) is 0 Å². The molecule has 0 saturated carbocycles. The van der Waals surface area contributed by atoms with E-state index in [4.69, 9.17) is 10.5 Å². The highest BCUT2D eigenvalue weighted by Crippen LogP contribution is 2.32. The number of fused-ring (bicyclic) bond motifs is 1. The van der Waals surface area contributed by atoms with E-state index in [0.29, 0.717) is 13.0 Å². The quantitative estimate of drug-likeness (QED) is 0.560. The van der Waals surface area contributed by atoms with Crippen molar-refractivity contribution in [3.05, 3.63) is 70.6 Å². The summed E-state index contributed by atoms with van der Waals surface area (Å²) >= 11 is 1.69. The van der Waals surface area contributed by atoms with Gasteiger partial charge in [-0.1, -0.05) is 49.9 Å². The van der Waals surface area contributed by atoms with Crippen LogP contribution < -0.4 is 4.74 Å². The van der Waals surface area contributed by atoms with Crippen molar-refractivity contribution < 1.29 is 4.74 Å². The summed E-state index contributed by atoms with van der Waals surface area (Å²) in [5.41, 5.74) is 7.49. The maximum absolute atomic E-state index is 7.49. The van der Waals surface area contributed by atoms with E-state index in [1.54, 1.807) is 11.3 Å². The number of ether oxygens (including phenoxy) is 1. The van der Waals surface area contributed by atoms with Gasteiger partial charge in [0.2, 0.25) is 0 Å². The Morgan fingerprint density at radius 2 is 1.81 bits per heavy atom. The molecule has 21 heavy (non-hydrogen) atoms. The molecule has 2 aromatic carbocycles. The van der Waals surface area contributed by atoms with Crippen LogP contribution in [0.5, 0.6) is 5.75 Å². The molecule has 0 fully saturated rings. The molecule has 0 aliphatic heterocycles. The van der Waals surface area contributed by atoms with Crippen molar-refractivity contribution in [3.63, 3.8) is 0 Å². The summed E-state index contributed by atoms with van der Waals surface area (Å²) in [4.78, 5) is 1.19. The van der Waals surface area contributed by atoms with Crippen LogP contribution in [0.3, 0.4) is 0 Å². The highest BCUT2D eigenvalue weighted by Gasteiger charge is 2.13. The lowest BCUT2D eigenvalue weighted by Gasteiger charge is -2.20. The monoisotopic (exact) mass is 298 g/mol. The average Bonchev–Trinajstić information content (AvgIpc) is 3.01. The number of rotatable bonds is 5. The third-order valence-electron chi connectivity index (χ3n) is 3.29. The average molecular weight is 298 g/mol. The molecule has 1 heterocycles. The Bertz CT molecular complexity index is 673. The molecule has 1 atom stereocenters. The molecule has 3 rings (SSSR count). The van der Waals surface area contributed by atoms with Gasteiger partial charge in [0.05, 0.1) is 0 Å². The summed E-state index contributed by atoms with van der Waals surface area (Å²) in [5, 5.41) is 4.36. The fourth-order valence-electron chi connectivity index (χ4n) is 2.32. The maximum atomic E-state index is 7.49.